The van der Waals surface area contributed by atoms with Gasteiger partial charge in [0, 0.05) is 40.7 Å². The molecule has 3 aromatic carbocycles. The third-order valence-electron chi connectivity index (χ3n) is 5.86. The van der Waals surface area contributed by atoms with Crippen LogP contribution in [-0.2, 0) is 19.5 Å². The van der Waals surface area contributed by atoms with Crippen molar-refractivity contribution in [1.29, 1.82) is 0 Å². The van der Waals surface area contributed by atoms with E-state index in [9.17, 15) is 4.39 Å². The number of nitrogens with one attached hydrogen (secondary N) is 1. The van der Waals surface area contributed by atoms with Gasteiger partial charge in [0.15, 0.2) is 5.11 Å². The van der Waals surface area contributed by atoms with Gasteiger partial charge in [0.25, 0.3) is 0 Å². The number of rotatable bonds is 8. The van der Waals surface area contributed by atoms with Crippen LogP contribution in [0.2, 0.25) is 10.0 Å². The standard InChI is InChI=1S/C28H26Cl2FN3S/c1-20-9-12-24(17-26(20)29)32-28(35)34(15-13-21-6-3-2-4-7-21)19-25-8-5-14-33(25)18-22-10-11-23(31)16-27(22)30/h2-12,14,16-17H,13,15,18-19H2,1H3,(H,32,35). The molecule has 0 saturated carbocycles. The summed E-state index contributed by atoms with van der Waals surface area (Å²) in [4.78, 5) is 2.15. The maximum Gasteiger partial charge on any atom is 0.173 e. The Labute approximate surface area is 221 Å². The molecule has 7 heteroatoms. The van der Waals surface area contributed by atoms with E-state index in [0.717, 1.165) is 35.5 Å². The fraction of sp³-hybridized carbons (Fsp3) is 0.179. The molecule has 1 N–H and O–H groups in total. The van der Waals surface area contributed by atoms with Crippen LogP contribution in [0, 0.1) is 12.7 Å². The average Bonchev–Trinajstić information content (AvgIpc) is 3.28. The molecule has 0 saturated heterocycles. The van der Waals surface area contributed by atoms with Crippen LogP contribution in [0.1, 0.15) is 22.4 Å². The highest BCUT2D eigenvalue weighted by Crippen LogP contribution is 2.22. The van der Waals surface area contributed by atoms with Crippen molar-refractivity contribution >= 4 is 46.2 Å². The van der Waals surface area contributed by atoms with Crippen molar-refractivity contribution in [2.24, 2.45) is 0 Å². The van der Waals surface area contributed by atoms with Gasteiger partial charge in [0.2, 0.25) is 0 Å². The lowest BCUT2D eigenvalue weighted by Crippen LogP contribution is -2.36. The molecule has 0 radical (unpaired) electrons. The third-order valence-corrected chi connectivity index (χ3v) is 6.98. The first-order valence-corrected chi connectivity index (χ1v) is 12.5. The molecule has 35 heavy (non-hydrogen) atoms. The van der Waals surface area contributed by atoms with Gasteiger partial charge in [-0.15, -0.1) is 0 Å². The molecule has 1 aromatic heterocycles. The topological polar surface area (TPSA) is 20.2 Å². The summed E-state index contributed by atoms with van der Waals surface area (Å²) in [5.74, 6) is -0.341. The molecule has 0 atom stereocenters. The molecule has 0 aliphatic rings. The second-order valence-corrected chi connectivity index (χ2v) is 9.62. The number of benzene rings is 3. The molecule has 0 aliphatic carbocycles. The maximum atomic E-state index is 13.5. The van der Waals surface area contributed by atoms with Gasteiger partial charge in [-0.2, -0.15) is 0 Å². The maximum absolute atomic E-state index is 13.5. The predicted molar refractivity (Wildman–Crippen MR) is 148 cm³/mol. The van der Waals surface area contributed by atoms with Crippen molar-refractivity contribution in [3.63, 3.8) is 0 Å². The van der Waals surface area contributed by atoms with E-state index in [1.165, 1.54) is 17.7 Å². The summed E-state index contributed by atoms with van der Waals surface area (Å²) in [7, 11) is 0. The number of aryl methyl sites for hydroxylation is 1. The second-order valence-electron chi connectivity index (χ2n) is 8.41. The predicted octanol–water partition coefficient (Wildman–Crippen LogP) is 7.73. The lowest BCUT2D eigenvalue weighted by molar-refractivity contribution is 0.409. The molecule has 4 rings (SSSR count). The van der Waals surface area contributed by atoms with Crippen molar-refractivity contribution in [3.05, 3.63) is 123 Å². The van der Waals surface area contributed by atoms with Crippen molar-refractivity contribution < 1.29 is 4.39 Å². The molecule has 1 heterocycles. The number of halogens is 3. The van der Waals surface area contributed by atoms with Crippen LogP contribution in [-0.4, -0.2) is 21.1 Å². The van der Waals surface area contributed by atoms with Crippen LogP contribution >= 0.6 is 35.4 Å². The van der Waals surface area contributed by atoms with Gasteiger partial charge >= 0.3 is 0 Å². The number of aromatic nitrogens is 1. The van der Waals surface area contributed by atoms with E-state index in [-0.39, 0.29) is 5.82 Å². The minimum Gasteiger partial charge on any atom is -0.345 e. The number of hydrogen-bond acceptors (Lipinski definition) is 1. The summed E-state index contributed by atoms with van der Waals surface area (Å²) in [6, 6.07) is 24.7. The molecule has 0 spiro atoms. The first-order chi connectivity index (χ1) is 16.9. The number of thiocarbonyl (C=S) groups is 1. The summed E-state index contributed by atoms with van der Waals surface area (Å²) in [6.45, 7) is 3.85. The minimum atomic E-state index is -0.341. The molecule has 0 bridgehead atoms. The highest BCUT2D eigenvalue weighted by atomic mass is 35.5. The number of hydrogen-bond donors (Lipinski definition) is 1. The van der Waals surface area contributed by atoms with Gasteiger partial charge in [0.05, 0.1) is 6.54 Å². The Bertz CT molecular complexity index is 1310. The fourth-order valence-electron chi connectivity index (χ4n) is 3.81. The van der Waals surface area contributed by atoms with Gasteiger partial charge in [-0.1, -0.05) is 65.7 Å². The molecule has 180 valence electrons. The van der Waals surface area contributed by atoms with E-state index >= 15 is 0 Å². The van der Waals surface area contributed by atoms with Crippen LogP contribution in [0.15, 0.2) is 85.1 Å². The first-order valence-electron chi connectivity index (χ1n) is 11.3. The van der Waals surface area contributed by atoms with Crippen molar-refractivity contribution in [2.75, 3.05) is 11.9 Å². The van der Waals surface area contributed by atoms with Gasteiger partial charge in [-0.3, -0.25) is 0 Å². The largest absolute Gasteiger partial charge is 0.345 e. The Kier molecular flexibility index (Phi) is 8.45. The normalized spacial score (nSPS) is 10.9. The molecule has 0 aliphatic heterocycles. The van der Waals surface area contributed by atoms with Gasteiger partial charge < -0.3 is 14.8 Å². The van der Waals surface area contributed by atoms with Crippen LogP contribution in [0.3, 0.4) is 0 Å². The molecular formula is C28H26Cl2FN3S. The molecule has 0 amide bonds. The summed E-state index contributed by atoms with van der Waals surface area (Å²) < 4.78 is 15.6. The van der Waals surface area contributed by atoms with Gasteiger partial charge in [0.1, 0.15) is 5.82 Å². The Hall–Kier alpha value is -2.86. The smallest absolute Gasteiger partial charge is 0.173 e. The monoisotopic (exact) mass is 525 g/mol. The molecule has 0 fully saturated rings. The van der Waals surface area contributed by atoms with E-state index in [1.807, 2.05) is 55.6 Å². The Morgan fingerprint density at radius 3 is 2.51 bits per heavy atom. The van der Waals surface area contributed by atoms with Crippen molar-refractivity contribution in [2.45, 2.75) is 26.4 Å². The van der Waals surface area contributed by atoms with Crippen LogP contribution in [0.4, 0.5) is 10.1 Å². The molecule has 4 aromatic rings. The van der Waals surface area contributed by atoms with Crippen molar-refractivity contribution in [3.8, 4) is 0 Å². The zero-order chi connectivity index (χ0) is 24.8. The fourth-order valence-corrected chi connectivity index (χ4v) is 4.49. The Morgan fingerprint density at radius 2 is 1.77 bits per heavy atom. The zero-order valence-electron chi connectivity index (χ0n) is 19.3. The van der Waals surface area contributed by atoms with E-state index in [1.54, 1.807) is 6.07 Å². The zero-order valence-corrected chi connectivity index (χ0v) is 21.7. The molecule has 0 unspecified atom stereocenters. The molecule has 3 nitrogen and oxygen atoms in total. The van der Waals surface area contributed by atoms with Crippen LogP contribution < -0.4 is 5.32 Å². The minimum absolute atomic E-state index is 0.341. The first kappa shape index (κ1) is 25.2. The number of anilines is 1. The van der Waals surface area contributed by atoms with E-state index in [0.29, 0.717) is 28.2 Å². The van der Waals surface area contributed by atoms with E-state index in [4.69, 9.17) is 35.4 Å². The summed E-state index contributed by atoms with van der Waals surface area (Å²) in [5, 5.41) is 5.07. The quantitative estimate of drug-likeness (QED) is 0.237. The second kappa shape index (κ2) is 11.7. The van der Waals surface area contributed by atoms with Crippen molar-refractivity contribution in [1.82, 2.24) is 9.47 Å². The summed E-state index contributed by atoms with van der Waals surface area (Å²) in [5.41, 5.74) is 5.04. The van der Waals surface area contributed by atoms with Gasteiger partial charge in [-0.05, 0) is 78.7 Å². The molecular weight excluding hydrogens is 500 g/mol. The summed E-state index contributed by atoms with van der Waals surface area (Å²) in [6.07, 6.45) is 2.85. The third kappa shape index (κ3) is 6.85. The lowest BCUT2D eigenvalue weighted by Gasteiger charge is -2.27. The SMILES string of the molecule is Cc1ccc(NC(=S)N(CCc2ccccc2)Cc2cccn2Cc2ccc(F)cc2Cl)cc1Cl. The highest BCUT2D eigenvalue weighted by Gasteiger charge is 2.15. The lowest BCUT2D eigenvalue weighted by atomic mass is 10.1. The van der Waals surface area contributed by atoms with Crippen LogP contribution in [0.25, 0.3) is 0 Å². The average molecular weight is 527 g/mol. The van der Waals surface area contributed by atoms with Crippen LogP contribution in [0.5, 0.6) is 0 Å². The summed E-state index contributed by atoms with van der Waals surface area (Å²) >= 11 is 18.4. The Balaban J connectivity index is 1.53. The van der Waals surface area contributed by atoms with E-state index in [2.05, 4.69) is 33.0 Å². The number of nitrogens with zero attached hydrogens (tertiary/aromatic N) is 2. The Morgan fingerprint density at radius 1 is 0.971 bits per heavy atom. The highest BCUT2D eigenvalue weighted by molar-refractivity contribution is 7.80. The van der Waals surface area contributed by atoms with Gasteiger partial charge in [-0.25, -0.2) is 4.39 Å². The van der Waals surface area contributed by atoms with E-state index < -0.39 is 0 Å².